The lowest BCUT2D eigenvalue weighted by Crippen LogP contribution is -2.23. The molecule has 2 aliphatic rings. The number of benzene rings is 3. The molecule has 0 unspecified atom stereocenters. The zero-order valence-corrected chi connectivity index (χ0v) is 19.6. The normalized spacial score (nSPS) is 15.9. The van der Waals surface area contributed by atoms with Crippen molar-refractivity contribution < 1.29 is 22.7 Å². The Kier molecular flexibility index (Phi) is 5.28. The Labute approximate surface area is 194 Å². The van der Waals surface area contributed by atoms with Crippen LogP contribution in [0.3, 0.4) is 0 Å². The smallest absolute Gasteiger partial charge is 0.231 e. The van der Waals surface area contributed by atoms with E-state index in [0.717, 1.165) is 46.4 Å². The summed E-state index contributed by atoms with van der Waals surface area (Å²) < 4.78 is 35.2. The van der Waals surface area contributed by atoms with Gasteiger partial charge in [0.25, 0.3) is 0 Å². The van der Waals surface area contributed by atoms with Crippen LogP contribution >= 0.6 is 0 Å². The summed E-state index contributed by atoms with van der Waals surface area (Å²) in [6, 6.07) is 18.8. The Balaban J connectivity index is 1.40. The maximum atomic E-state index is 13.4. The van der Waals surface area contributed by atoms with Gasteiger partial charge in [-0.1, -0.05) is 43.3 Å². The molecule has 1 aliphatic carbocycles. The standard InChI is InChI=1S/C27H26O5S/c1-3-33(29,30)22-10-7-19(8-11-22)23-6-4-5-20(18(23)2)15-26(28)27(13-14-27)21-9-12-24-25(16-21)32-17-31-24/h4-12,16H,3,13-15,17H2,1-2H3. The van der Waals surface area contributed by atoms with E-state index in [4.69, 9.17) is 9.47 Å². The second-order valence-corrected chi connectivity index (χ2v) is 11.0. The van der Waals surface area contributed by atoms with E-state index in [9.17, 15) is 13.2 Å². The summed E-state index contributed by atoms with van der Waals surface area (Å²) in [4.78, 5) is 13.8. The number of hydrogen-bond acceptors (Lipinski definition) is 5. The van der Waals surface area contributed by atoms with Gasteiger partial charge in [-0.2, -0.15) is 0 Å². The van der Waals surface area contributed by atoms with Crippen LogP contribution in [0.2, 0.25) is 0 Å². The third-order valence-electron chi connectivity index (χ3n) is 6.91. The quantitative estimate of drug-likeness (QED) is 0.493. The summed E-state index contributed by atoms with van der Waals surface area (Å²) in [7, 11) is -3.23. The molecule has 0 amide bonds. The molecular weight excluding hydrogens is 436 g/mol. The van der Waals surface area contributed by atoms with Crippen LogP contribution in [0.25, 0.3) is 11.1 Å². The number of Topliss-reactive ketones (excluding diaryl/α,β-unsaturated/α-hetero) is 1. The average molecular weight is 463 g/mol. The Bertz CT molecular complexity index is 1340. The van der Waals surface area contributed by atoms with Gasteiger partial charge in [-0.3, -0.25) is 4.79 Å². The van der Waals surface area contributed by atoms with Crippen LogP contribution in [-0.4, -0.2) is 26.7 Å². The maximum absolute atomic E-state index is 13.4. The number of carbonyl (C=O) groups is 1. The highest BCUT2D eigenvalue weighted by Gasteiger charge is 2.50. The number of ketones is 1. The van der Waals surface area contributed by atoms with E-state index in [1.165, 1.54) is 0 Å². The van der Waals surface area contributed by atoms with Gasteiger partial charge < -0.3 is 9.47 Å². The Morgan fingerprint density at radius 3 is 2.39 bits per heavy atom. The lowest BCUT2D eigenvalue weighted by molar-refractivity contribution is -0.120. The van der Waals surface area contributed by atoms with Crippen LogP contribution in [0, 0.1) is 6.92 Å². The van der Waals surface area contributed by atoms with Crippen molar-refractivity contribution in [2.24, 2.45) is 0 Å². The minimum Gasteiger partial charge on any atom is -0.454 e. The molecule has 1 saturated carbocycles. The summed E-state index contributed by atoms with van der Waals surface area (Å²) >= 11 is 0. The third-order valence-corrected chi connectivity index (χ3v) is 8.66. The second-order valence-electron chi connectivity index (χ2n) is 8.77. The molecule has 1 fully saturated rings. The number of fused-ring (bicyclic) bond motifs is 1. The van der Waals surface area contributed by atoms with Gasteiger partial charge in [-0.25, -0.2) is 8.42 Å². The number of rotatable bonds is 7. The maximum Gasteiger partial charge on any atom is 0.231 e. The van der Waals surface area contributed by atoms with Crippen LogP contribution < -0.4 is 9.47 Å². The number of sulfone groups is 1. The van der Waals surface area contributed by atoms with Gasteiger partial charge in [0.1, 0.15) is 5.78 Å². The summed E-state index contributed by atoms with van der Waals surface area (Å²) in [6.07, 6.45) is 2.05. The lowest BCUT2D eigenvalue weighted by Gasteiger charge is -2.17. The highest BCUT2D eigenvalue weighted by Crippen LogP contribution is 2.51. The van der Waals surface area contributed by atoms with E-state index >= 15 is 0 Å². The molecule has 5 rings (SSSR count). The molecule has 1 aliphatic heterocycles. The van der Waals surface area contributed by atoms with Crippen molar-refractivity contribution >= 4 is 15.6 Å². The molecule has 0 N–H and O–H groups in total. The summed E-state index contributed by atoms with van der Waals surface area (Å²) in [5.74, 6) is 1.72. The second kappa shape index (κ2) is 8.03. The summed E-state index contributed by atoms with van der Waals surface area (Å²) in [5, 5.41) is 0. The molecule has 0 bridgehead atoms. The molecule has 0 saturated heterocycles. The monoisotopic (exact) mass is 462 g/mol. The van der Waals surface area contributed by atoms with Crippen molar-refractivity contribution in [3.63, 3.8) is 0 Å². The predicted molar refractivity (Wildman–Crippen MR) is 127 cm³/mol. The van der Waals surface area contributed by atoms with E-state index in [0.29, 0.717) is 17.1 Å². The third kappa shape index (κ3) is 3.82. The molecule has 1 heterocycles. The van der Waals surface area contributed by atoms with Crippen LogP contribution in [0.4, 0.5) is 0 Å². The molecule has 0 aromatic heterocycles. The molecule has 5 nitrogen and oxygen atoms in total. The van der Waals surface area contributed by atoms with E-state index < -0.39 is 15.3 Å². The highest BCUT2D eigenvalue weighted by molar-refractivity contribution is 7.91. The van der Waals surface area contributed by atoms with E-state index in [2.05, 4.69) is 0 Å². The molecule has 0 spiro atoms. The van der Waals surface area contributed by atoms with Gasteiger partial charge in [0.05, 0.1) is 16.1 Å². The van der Waals surface area contributed by atoms with E-state index in [-0.39, 0.29) is 18.3 Å². The van der Waals surface area contributed by atoms with Crippen molar-refractivity contribution in [1.29, 1.82) is 0 Å². The summed E-state index contributed by atoms with van der Waals surface area (Å²) in [5.41, 5.74) is 4.54. The topological polar surface area (TPSA) is 69.7 Å². The first-order chi connectivity index (χ1) is 15.8. The number of ether oxygens (including phenoxy) is 2. The predicted octanol–water partition coefficient (Wildman–Crippen LogP) is 5.03. The number of carbonyl (C=O) groups excluding carboxylic acids is 1. The Morgan fingerprint density at radius 1 is 0.970 bits per heavy atom. The van der Waals surface area contributed by atoms with Crippen LogP contribution in [-0.2, 0) is 26.5 Å². The average Bonchev–Trinajstić information content (AvgIpc) is 3.51. The Hall–Kier alpha value is -3.12. The zero-order valence-electron chi connectivity index (χ0n) is 18.8. The first kappa shape index (κ1) is 21.7. The van der Waals surface area contributed by atoms with Crippen molar-refractivity contribution in [2.45, 2.75) is 43.4 Å². The largest absolute Gasteiger partial charge is 0.454 e. The van der Waals surface area contributed by atoms with Crippen molar-refractivity contribution in [1.82, 2.24) is 0 Å². The fourth-order valence-electron chi connectivity index (χ4n) is 4.59. The fourth-order valence-corrected chi connectivity index (χ4v) is 5.47. The summed E-state index contributed by atoms with van der Waals surface area (Å²) in [6.45, 7) is 3.88. The molecule has 170 valence electrons. The van der Waals surface area contributed by atoms with Gasteiger partial charge in [0.15, 0.2) is 21.3 Å². The van der Waals surface area contributed by atoms with Gasteiger partial charge in [-0.05, 0) is 71.8 Å². The fraction of sp³-hybridized carbons (Fsp3) is 0.296. The van der Waals surface area contributed by atoms with Gasteiger partial charge in [0, 0.05) is 6.42 Å². The van der Waals surface area contributed by atoms with Crippen molar-refractivity contribution in [3.8, 4) is 22.6 Å². The molecule has 3 aromatic rings. The Morgan fingerprint density at radius 2 is 1.70 bits per heavy atom. The number of hydrogen-bond donors (Lipinski definition) is 0. The van der Waals surface area contributed by atoms with E-state index in [1.54, 1.807) is 19.1 Å². The SMILES string of the molecule is CCS(=O)(=O)c1ccc(-c2cccc(CC(=O)C3(c4ccc5c(c4)OCO5)CC3)c2C)cc1. The molecule has 3 aromatic carbocycles. The van der Waals surface area contributed by atoms with Crippen LogP contribution in [0.15, 0.2) is 65.6 Å². The van der Waals surface area contributed by atoms with Crippen LogP contribution in [0.5, 0.6) is 11.5 Å². The zero-order chi connectivity index (χ0) is 23.2. The molecule has 33 heavy (non-hydrogen) atoms. The van der Waals surface area contributed by atoms with Crippen molar-refractivity contribution in [3.05, 3.63) is 77.4 Å². The van der Waals surface area contributed by atoms with Crippen molar-refractivity contribution in [2.75, 3.05) is 12.5 Å². The van der Waals surface area contributed by atoms with Crippen LogP contribution in [0.1, 0.15) is 36.5 Å². The molecule has 0 radical (unpaired) electrons. The first-order valence-corrected chi connectivity index (χ1v) is 12.8. The first-order valence-electron chi connectivity index (χ1n) is 11.2. The molecule has 6 heteroatoms. The van der Waals surface area contributed by atoms with Gasteiger partial charge in [0.2, 0.25) is 6.79 Å². The minimum atomic E-state index is -3.23. The van der Waals surface area contributed by atoms with Gasteiger partial charge in [-0.15, -0.1) is 0 Å². The van der Waals surface area contributed by atoms with E-state index in [1.807, 2.05) is 55.5 Å². The lowest BCUT2D eigenvalue weighted by atomic mass is 9.86. The van der Waals surface area contributed by atoms with Gasteiger partial charge >= 0.3 is 0 Å². The highest BCUT2D eigenvalue weighted by atomic mass is 32.2. The minimum absolute atomic E-state index is 0.0775. The molecular formula is C27H26O5S. The molecule has 0 atom stereocenters.